The fourth-order valence-electron chi connectivity index (χ4n) is 1.87. The molecule has 0 aromatic carbocycles. The van der Waals surface area contributed by atoms with Crippen molar-refractivity contribution in [1.82, 2.24) is 14.8 Å². The number of nitrogens with one attached hydrogen (secondary N) is 1. The molecule has 102 valence electrons. The van der Waals surface area contributed by atoms with Gasteiger partial charge in [0.05, 0.1) is 22.9 Å². The van der Waals surface area contributed by atoms with Crippen LogP contribution >= 0.6 is 11.8 Å². The van der Waals surface area contributed by atoms with Gasteiger partial charge in [0.2, 0.25) is 0 Å². The Morgan fingerprint density at radius 2 is 2.17 bits per heavy atom. The van der Waals surface area contributed by atoms with E-state index in [9.17, 15) is 18.3 Å². The number of aromatic nitrogens is 3. The van der Waals surface area contributed by atoms with Crippen LogP contribution in [0, 0.1) is 0 Å². The molecule has 0 aliphatic carbocycles. The van der Waals surface area contributed by atoms with E-state index < -0.39 is 21.2 Å². The van der Waals surface area contributed by atoms with Crippen molar-refractivity contribution in [3.05, 3.63) is 10.5 Å². The SMILES string of the molecule is CC(C)n1c(SC2CS(=O)(=O)CC2O)n[nH]c1=O. The standard InChI is InChI=1S/C9H15N3O4S2/c1-5(2)12-8(14)10-11-9(12)17-7-4-18(15,16)3-6(7)13/h5-7,13H,3-4H2,1-2H3,(H,10,14). The fourth-order valence-corrected chi connectivity index (χ4v) is 5.53. The van der Waals surface area contributed by atoms with E-state index in [1.54, 1.807) is 0 Å². The minimum absolute atomic E-state index is 0.0751. The number of hydrogen-bond acceptors (Lipinski definition) is 6. The molecular weight excluding hydrogens is 278 g/mol. The van der Waals surface area contributed by atoms with Crippen molar-refractivity contribution in [2.45, 2.75) is 36.4 Å². The number of hydrogen-bond donors (Lipinski definition) is 2. The normalized spacial score (nSPS) is 26.9. The van der Waals surface area contributed by atoms with Gasteiger partial charge in [-0.2, -0.15) is 0 Å². The number of aliphatic hydroxyl groups excluding tert-OH is 1. The van der Waals surface area contributed by atoms with Gasteiger partial charge in [-0.25, -0.2) is 18.3 Å². The topological polar surface area (TPSA) is 105 Å². The third-order valence-electron chi connectivity index (χ3n) is 2.72. The number of rotatable bonds is 3. The van der Waals surface area contributed by atoms with E-state index in [0.29, 0.717) is 5.16 Å². The molecule has 9 heteroatoms. The van der Waals surface area contributed by atoms with E-state index in [0.717, 1.165) is 11.8 Å². The maximum absolute atomic E-state index is 11.5. The van der Waals surface area contributed by atoms with Gasteiger partial charge in [-0.3, -0.25) is 4.57 Å². The molecule has 2 heterocycles. The zero-order chi connectivity index (χ0) is 13.5. The Kier molecular flexibility index (Phi) is 3.56. The molecule has 7 nitrogen and oxygen atoms in total. The van der Waals surface area contributed by atoms with E-state index in [1.807, 2.05) is 13.8 Å². The van der Waals surface area contributed by atoms with Crippen molar-refractivity contribution < 1.29 is 13.5 Å². The first-order valence-electron chi connectivity index (χ1n) is 5.52. The second kappa shape index (κ2) is 4.71. The molecule has 1 fully saturated rings. The van der Waals surface area contributed by atoms with Crippen LogP contribution in [0.1, 0.15) is 19.9 Å². The highest BCUT2D eigenvalue weighted by atomic mass is 32.2. The molecule has 1 saturated heterocycles. The molecule has 1 aromatic rings. The minimum atomic E-state index is -3.19. The van der Waals surface area contributed by atoms with Gasteiger partial charge in [-0.05, 0) is 13.8 Å². The summed E-state index contributed by atoms with van der Waals surface area (Å²) >= 11 is 1.13. The average molecular weight is 293 g/mol. The Bertz CT molecular complexity index is 589. The van der Waals surface area contributed by atoms with Crippen molar-refractivity contribution >= 4 is 21.6 Å². The Hall–Kier alpha value is -0.800. The molecule has 0 amide bonds. The first-order chi connectivity index (χ1) is 8.30. The molecular formula is C9H15N3O4S2. The third-order valence-corrected chi connectivity index (χ3v) is 5.93. The number of thioether (sulfide) groups is 1. The Labute approximate surface area is 109 Å². The van der Waals surface area contributed by atoms with Gasteiger partial charge >= 0.3 is 5.69 Å². The average Bonchev–Trinajstić information content (AvgIpc) is 2.68. The summed E-state index contributed by atoms with van der Waals surface area (Å²) in [6.45, 7) is 3.67. The second-order valence-corrected chi connectivity index (χ2v) is 7.94. The molecule has 0 saturated carbocycles. The molecule has 0 spiro atoms. The van der Waals surface area contributed by atoms with Crippen molar-refractivity contribution in [2.24, 2.45) is 0 Å². The molecule has 2 unspecified atom stereocenters. The van der Waals surface area contributed by atoms with Crippen LogP contribution in [0.25, 0.3) is 0 Å². The molecule has 2 atom stereocenters. The summed E-state index contributed by atoms with van der Waals surface area (Å²) in [7, 11) is -3.19. The molecule has 0 radical (unpaired) electrons. The number of H-pyrrole nitrogens is 1. The lowest BCUT2D eigenvalue weighted by molar-refractivity contribution is 0.207. The van der Waals surface area contributed by atoms with Crippen LogP contribution in [-0.2, 0) is 9.84 Å². The first kappa shape index (κ1) is 13.6. The van der Waals surface area contributed by atoms with Crippen LogP contribution in [0.5, 0.6) is 0 Å². The summed E-state index contributed by atoms with van der Waals surface area (Å²) in [5, 5.41) is 15.8. The van der Waals surface area contributed by atoms with E-state index in [4.69, 9.17) is 0 Å². The quantitative estimate of drug-likeness (QED) is 0.771. The van der Waals surface area contributed by atoms with E-state index in [-0.39, 0.29) is 23.2 Å². The smallest absolute Gasteiger partial charge is 0.344 e. The highest BCUT2D eigenvalue weighted by Gasteiger charge is 2.38. The Morgan fingerprint density at radius 3 is 2.67 bits per heavy atom. The highest BCUT2D eigenvalue weighted by molar-refractivity contribution is 8.01. The summed E-state index contributed by atoms with van der Waals surface area (Å²) in [4.78, 5) is 11.5. The fraction of sp³-hybridized carbons (Fsp3) is 0.778. The van der Waals surface area contributed by atoms with Gasteiger partial charge in [0.25, 0.3) is 0 Å². The largest absolute Gasteiger partial charge is 0.391 e. The van der Waals surface area contributed by atoms with Gasteiger partial charge in [-0.1, -0.05) is 11.8 Å². The maximum atomic E-state index is 11.5. The van der Waals surface area contributed by atoms with E-state index in [1.165, 1.54) is 4.57 Å². The Morgan fingerprint density at radius 1 is 1.50 bits per heavy atom. The van der Waals surface area contributed by atoms with Crippen molar-refractivity contribution in [3.8, 4) is 0 Å². The second-order valence-electron chi connectivity index (χ2n) is 4.58. The summed E-state index contributed by atoms with van der Waals surface area (Å²) in [6.07, 6.45) is -0.910. The molecule has 1 aliphatic heterocycles. The number of sulfone groups is 1. The summed E-state index contributed by atoms with van der Waals surface area (Å²) in [5.74, 6) is -0.307. The van der Waals surface area contributed by atoms with Gasteiger partial charge in [0.15, 0.2) is 15.0 Å². The lowest BCUT2D eigenvalue weighted by Crippen LogP contribution is -2.23. The van der Waals surface area contributed by atoms with E-state index in [2.05, 4.69) is 10.2 Å². The Balaban J connectivity index is 2.23. The van der Waals surface area contributed by atoms with Crippen LogP contribution in [0.4, 0.5) is 0 Å². The van der Waals surface area contributed by atoms with Crippen LogP contribution < -0.4 is 5.69 Å². The minimum Gasteiger partial charge on any atom is -0.391 e. The monoisotopic (exact) mass is 293 g/mol. The van der Waals surface area contributed by atoms with Crippen LogP contribution in [0.3, 0.4) is 0 Å². The van der Waals surface area contributed by atoms with Crippen LogP contribution in [-0.4, -0.2) is 51.1 Å². The zero-order valence-corrected chi connectivity index (χ0v) is 11.7. The van der Waals surface area contributed by atoms with Crippen molar-refractivity contribution in [1.29, 1.82) is 0 Å². The first-order valence-corrected chi connectivity index (χ1v) is 8.22. The summed E-state index contributed by atoms with van der Waals surface area (Å²) in [5.41, 5.74) is -0.331. The van der Waals surface area contributed by atoms with Crippen molar-refractivity contribution in [3.63, 3.8) is 0 Å². The zero-order valence-electron chi connectivity index (χ0n) is 10.0. The van der Waals surface area contributed by atoms with Gasteiger partial charge < -0.3 is 5.11 Å². The molecule has 2 N–H and O–H groups in total. The predicted octanol–water partition coefficient (Wildman–Crippen LogP) is -0.598. The van der Waals surface area contributed by atoms with Crippen LogP contribution in [0.15, 0.2) is 9.95 Å². The highest BCUT2D eigenvalue weighted by Crippen LogP contribution is 2.30. The summed E-state index contributed by atoms with van der Waals surface area (Å²) in [6, 6.07) is -0.0751. The van der Waals surface area contributed by atoms with Gasteiger partial charge in [0, 0.05) is 6.04 Å². The van der Waals surface area contributed by atoms with Crippen molar-refractivity contribution in [2.75, 3.05) is 11.5 Å². The molecule has 1 aliphatic rings. The summed E-state index contributed by atoms with van der Waals surface area (Å²) < 4.78 is 24.2. The third kappa shape index (κ3) is 2.62. The molecule has 0 bridgehead atoms. The van der Waals surface area contributed by atoms with Crippen LogP contribution in [0.2, 0.25) is 0 Å². The number of aliphatic hydroxyl groups is 1. The lowest BCUT2D eigenvalue weighted by atomic mass is 10.3. The lowest BCUT2D eigenvalue weighted by Gasteiger charge is -2.13. The molecule has 1 aromatic heterocycles. The maximum Gasteiger partial charge on any atom is 0.344 e. The number of aromatic amines is 1. The predicted molar refractivity (Wildman–Crippen MR) is 67.5 cm³/mol. The van der Waals surface area contributed by atoms with Gasteiger partial charge in [-0.15, -0.1) is 5.10 Å². The number of nitrogens with zero attached hydrogens (tertiary/aromatic N) is 2. The molecule has 2 rings (SSSR count). The van der Waals surface area contributed by atoms with E-state index >= 15 is 0 Å². The molecule has 18 heavy (non-hydrogen) atoms. The van der Waals surface area contributed by atoms with Gasteiger partial charge in [0.1, 0.15) is 0 Å².